The van der Waals surface area contributed by atoms with E-state index in [4.69, 9.17) is 0 Å². The van der Waals surface area contributed by atoms with Crippen molar-refractivity contribution in [3.05, 3.63) is 28.4 Å². The lowest BCUT2D eigenvalue weighted by molar-refractivity contribution is 0.0347. The van der Waals surface area contributed by atoms with Crippen molar-refractivity contribution in [2.45, 2.75) is 18.8 Å². The highest BCUT2D eigenvalue weighted by molar-refractivity contribution is 7.98. The lowest BCUT2D eigenvalue weighted by atomic mass is 10.2. The number of aliphatic hydroxyl groups is 2. The van der Waals surface area contributed by atoms with Crippen LogP contribution in [0.2, 0.25) is 0 Å². The molecule has 0 aromatic carbocycles. The molecular weight excluding hydrogens is 280 g/mol. The zero-order valence-corrected chi connectivity index (χ0v) is 11.9. The van der Waals surface area contributed by atoms with Crippen LogP contribution < -0.4 is 10.9 Å². The fourth-order valence-electron chi connectivity index (χ4n) is 1.91. The molecule has 0 unspecified atom stereocenters. The van der Waals surface area contributed by atoms with Gasteiger partial charge in [-0.05, 0) is 6.26 Å². The van der Waals surface area contributed by atoms with Gasteiger partial charge in [0.25, 0.3) is 5.56 Å². The average Bonchev–Trinajstić information content (AvgIpc) is 2.84. The van der Waals surface area contributed by atoms with Crippen LogP contribution in [0, 0.1) is 0 Å². The van der Waals surface area contributed by atoms with Crippen LogP contribution in [0.25, 0.3) is 11.0 Å². The Balaban J connectivity index is 1.93. The predicted octanol–water partition coefficient (Wildman–Crippen LogP) is -0.574. The van der Waals surface area contributed by atoms with Gasteiger partial charge in [-0.1, -0.05) is 0 Å². The molecule has 0 spiro atoms. The van der Waals surface area contributed by atoms with Gasteiger partial charge in [-0.3, -0.25) is 4.79 Å². The Bertz CT molecular complexity index is 612. The van der Waals surface area contributed by atoms with Gasteiger partial charge in [-0.2, -0.15) is 11.8 Å². The third kappa shape index (κ3) is 3.40. The summed E-state index contributed by atoms with van der Waals surface area (Å²) >= 11 is 1.48. The van der Waals surface area contributed by atoms with Crippen molar-refractivity contribution in [1.29, 1.82) is 0 Å². The largest absolute Gasteiger partial charge is 0.390 e. The Morgan fingerprint density at radius 2 is 2.20 bits per heavy atom. The molecule has 110 valence electrons. The zero-order chi connectivity index (χ0) is 14.5. The SMILES string of the molecule is CSC[C@@H](O)[C@@H](O)CNCc1c[nH]c2c(=O)[nH]cnc12. The van der Waals surface area contributed by atoms with Gasteiger partial charge in [0.15, 0.2) is 0 Å². The lowest BCUT2D eigenvalue weighted by Crippen LogP contribution is -2.37. The van der Waals surface area contributed by atoms with Crippen LogP contribution >= 0.6 is 11.8 Å². The molecule has 0 aliphatic heterocycles. The van der Waals surface area contributed by atoms with Gasteiger partial charge in [0.05, 0.1) is 24.1 Å². The van der Waals surface area contributed by atoms with E-state index in [0.29, 0.717) is 23.3 Å². The number of aromatic nitrogens is 3. The zero-order valence-electron chi connectivity index (χ0n) is 11.1. The molecule has 7 nitrogen and oxygen atoms in total. The fraction of sp³-hybridized carbons (Fsp3) is 0.500. The molecule has 0 saturated carbocycles. The van der Waals surface area contributed by atoms with Gasteiger partial charge in [-0.15, -0.1) is 0 Å². The van der Waals surface area contributed by atoms with E-state index in [1.807, 2.05) is 6.26 Å². The molecule has 0 radical (unpaired) electrons. The Morgan fingerprint density at radius 1 is 1.40 bits per heavy atom. The number of H-pyrrole nitrogens is 2. The van der Waals surface area contributed by atoms with Gasteiger partial charge in [0.1, 0.15) is 5.52 Å². The molecule has 0 aliphatic rings. The third-order valence-corrected chi connectivity index (χ3v) is 3.67. The highest BCUT2D eigenvalue weighted by Crippen LogP contribution is 2.11. The monoisotopic (exact) mass is 298 g/mol. The van der Waals surface area contributed by atoms with Gasteiger partial charge in [0, 0.05) is 30.6 Å². The van der Waals surface area contributed by atoms with E-state index in [1.165, 1.54) is 18.1 Å². The molecule has 2 aromatic rings. The maximum Gasteiger partial charge on any atom is 0.275 e. The number of hydrogen-bond acceptors (Lipinski definition) is 6. The van der Waals surface area contributed by atoms with Gasteiger partial charge >= 0.3 is 0 Å². The highest BCUT2D eigenvalue weighted by Gasteiger charge is 2.15. The fourth-order valence-corrected chi connectivity index (χ4v) is 2.48. The molecule has 20 heavy (non-hydrogen) atoms. The number of hydrogen-bond donors (Lipinski definition) is 5. The smallest absolute Gasteiger partial charge is 0.275 e. The van der Waals surface area contributed by atoms with E-state index in [9.17, 15) is 15.0 Å². The van der Waals surface area contributed by atoms with Crippen molar-refractivity contribution >= 4 is 22.8 Å². The van der Waals surface area contributed by atoms with Crippen LogP contribution in [-0.4, -0.2) is 55.9 Å². The van der Waals surface area contributed by atoms with E-state index >= 15 is 0 Å². The summed E-state index contributed by atoms with van der Waals surface area (Å²) in [5.74, 6) is 0.493. The van der Waals surface area contributed by atoms with Crippen molar-refractivity contribution in [2.75, 3.05) is 18.6 Å². The second kappa shape index (κ2) is 6.89. The molecule has 2 atom stereocenters. The summed E-state index contributed by atoms with van der Waals surface area (Å²) in [6.45, 7) is 0.733. The first kappa shape index (κ1) is 15.0. The molecule has 0 saturated heterocycles. The lowest BCUT2D eigenvalue weighted by Gasteiger charge is -2.17. The summed E-state index contributed by atoms with van der Waals surface area (Å²) in [4.78, 5) is 21.0. The van der Waals surface area contributed by atoms with Crippen LogP contribution in [0.3, 0.4) is 0 Å². The predicted molar refractivity (Wildman–Crippen MR) is 78.8 cm³/mol. The number of thioether (sulfide) groups is 1. The van der Waals surface area contributed by atoms with E-state index in [-0.39, 0.29) is 12.1 Å². The van der Waals surface area contributed by atoms with E-state index < -0.39 is 12.2 Å². The van der Waals surface area contributed by atoms with Crippen molar-refractivity contribution in [3.8, 4) is 0 Å². The standard InChI is InChI=1S/C12H18N4O3S/c1-20-5-9(18)8(17)4-13-2-7-3-14-11-10(7)15-6-16-12(11)19/h3,6,8-9,13-14,17-18H,2,4-5H2,1H3,(H,15,16,19)/t8-,9+/m0/s1. The summed E-state index contributed by atoms with van der Waals surface area (Å²) in [7, 11) is 0. The Kier molecular flexibility index (Phi) is 5.18. The molecule has 2 rings (SSSR count). The van der Waals surface area contributed by atoms with E-state index in [0.717, 1.165) is 5.56 Å². The second-order valence-electron chi connectivity index (χ2n) is 4.49. The maximum absolute atomic E-state index is 11.5. The number of nitrogens with zero attached hydrogens (tertiary/aromatic N) is 1. The van der Waals surface area contributed by atoms with Gasteiger partial charge in [0.2, 0.25) is 0 Å². The molecule has 0 fully saturated rings. The number of fused-ring (bicyclic) bond motifs is 1. The van der Waals surface area contributed by atoms with Crippen LogP contribution in [-0.2, 0) is 6.54 Å². The summed E-state index contributed by atoms with van der Waals surface area (Å²) in [5.41, 5.74) is 1.68. The second-order valence-corrected chi connectivity index (χ2v) is 5.40. The molecule has 8 heteroatoms. The van der Waals surface area contributed by atoms with Crippen molar-refractivity contribution in [3.63, 3.8) is 0 Å². The first-order chi connectivity index (χ1) is 9.63. The normalized spacial score (nSPS) is 14.6. The van der Waals surface area contributed by atoms with Crippen LogP contribution in [0.1, 0.15) is 5.56 Å². The molecule has 2 heterocycles. The minimum atomic E-state index is -0.816. The Morgan fingerprint density at radius 3 is 2.95 bits per heavy atom. The molecule has 0 amide bonds. The summed E-state index contributed by atoms with van der Waals surface area (Å²) in [5, 5.41) is 22.4. The Labute approximate surface area is 119 Å². The number of aliphatic hydroxyl groups excluding tert-OH is 2. The first-order valence-corrected chi connectivity index (χ1v) is 7.62. The summed E-state index contributed by atoms with van der Waals surface area (Å²) in [6.07, 6.45) is 3.38. The van der Waals surface area contributed by atoms with E-state index in [2.05, 4.69) is 20.3 Å². The van der Waals surface area contributed by atoms with Crippen molar-refractivity contribution < 1.29 is 10.2 Å². The van der Waals surface area contributed by atoms with Gasteiger partial charge < -0.3 is 25.5 Å². The quantitative estimate of drug-likeness (QED) is 0.467. The number of rotatable bonds is 7. The van der Waals surface area contributed by atoms with Crippen LogP contribution in [0.15, 0.2) is 17.3 Å². The molecule has 0 bridgehead atoms. The summed E-state index contributed by atoms with van der Waals surface area (Å²) in [6, 6.07) is 0. The molecule has 0 aliphatic carbocycles. The number of aromatic amines is 2. The van der Waals surface area contributed by atoms with Crippen LogP contribution in [0.5, 0.6) is 0 Å². The van der Waals surface area contributed by atoms with Crippen LogP contribution in [0.4, 0.5) is 0 Å². The Hall–Kier alpha value is -1.35. The first-order valence-electron chi connectivity index (χ1n) is 6.23. The topological polar surface area (TPSA) is 114 Å². The average molecular weight is 298 g/mol. The molecule has 2 aromatic heterocycles. The number of nitrogens with one attached hydrogen (secondary N) is 3. The minimum absolute atomic E-state index is 0.211. The van der Waals surface area contributed by atoms with Crippen molar-refractivity contribution in [1.82, 2.24) is 20.3 Å². The molecular formula is C12H18N4O3S. The minimum Gasteiger partial charge on any atom is -0.390 e. The molecule has 5 N–H and O–H groups in total. The third-order valence-electron chi connectivity index (χ3n) is 3.00. The summed E-state index contributed by atoms with van der Waals surface area (Å²) < 4.78 is 0. The maximum atomic E-state index is 11.5. The van der Waals surface area contributed by atoms with Gasteiger partial charge in [-0.25, -0.2) is 4.98 Å². The highest BCUT2D eigenvalue weighted by atomic mass is 32.2. The van der Waals surface area contributed by atoms with Crippen molar-refractivity contribution in [2.24, 2.45) is 0 Å². The van der Waals surface area contributed by atoms with E-state index in [1.54, 1.807) is 6.20 Å².